The summed E-state index contributed by atoms with van der Waals surface area (Å²) in [6, 6.07) is 5.33. The van der Waals surface area contributed by atoms with Crippen molar-refractivity contribution in [3.05, 3.63) is 41.9 Å². The Kier molecular flexibility index (Phi) is 3.62. The summed E-state index contributed by atoms with van der Waals surface area (Å²) in [6.07, 6.45) is 3.40. The number of nitrogens with zero attached hydrogens (tertiary/aromatic N) is 4. The zero-order valence-electron chi connectivity index (χ0n) is 11.2. The van der Waals surface area contributed by atoms with Crippen LogP contribution < -0.4 is 5.73 Å². The molecule has 0 bridgehead atoms. The van der Waals surface area contributed by atoms with Gasteiger partial charge >= 0.3 is 0 Å². The molecule has 100 valence electrons. The van der Waals surface area contributed by atoms with Gasteiger partial charge in [-0.05, 0) is 30.7 Å². The van der Waals surface area contributed by atoms with Crippen molar-refractivity contribution in [2.24, 2.45) is 5.73 Å². The van der Waals surface area contributed by atoms with Crippen LogP contribution in [0.15, 0.2) is 30.6 Å². The Morgan fingerprint density at radius 1 is 1.42 bits per heavy atom. The van der Waals surface area contributed by atoms with E-state index < -0.39 is 0 Å². The van der Waals surface area contributed by atoms with E-state index in [0.29, 0.717) is 11.5 Å². The molecule has 2 aromatic rings. The number of aromatic nitrogens is 3. The topological polar surface area (TPSA) is 77.0 Å². The van der Waals surface area contributed by atoms with Gasteiger partial charge in [-0.25, -0.2) is 9.67 Å². The zero-order chi connectivity index (χ0) is 14.0. The lowest BCUT2D eigenvalue weighted by atomic mass is 10.1. The third kappa shape index (κ3) is 2.79. The molecule has 0 fully saturated rings. The van der Waals surface area contributed by atoms with Crippen LogP contribution in [0.25, 0.3) is 5.82 Å². The second kappa shape index (κ2) is 5.19. The molecular weight excluding hydrogens is 242 g/mol. The molecule has 0 aliphatic heterocycles. The number of carbonyl (C=O) groups excluding carboxylic acids is 1. The number of hydrogen-bond donors (Lipinski definition) is 1. The van der Waals surface area contributed by atoms with Crippen molar-refractivity contribution >= 4 is 5.91 Å². The minimum absolute atomic E-state index is 0.0693. The van der Waals surface area contributed by atoms with Crippen molar-refractivity contribution in [2.45, 2.75) is 13.0 Å². The summed E-state index contributed by atoms with van der Waals surface area (Å²) in [6.45, 7) is 1.91. The smallest absolute Gasteiger partial charge is 0.273 e. The molecule has 1 atom stereocenters. The Morgan fingerprint density at radius 3 is 2.79 bits per heavy atom. The van der Waals surface area contributed by atoms with Gasteiger partial charge in [0.05, 0.1) is 0 Å². The van der Waals surface area contributed by atoms with Gasteiger partial charge in [0.15, 0.2) is 11.5 Å². The van der Waals surface area contributed by atoms with E-state index in [4.69, 9.17) is 5.73 Å². The highest BCUT2D eigenvalue weighted by Crippen LogP contribution is 2.12. The van der Waals surface area contributed by atoms with Crippen LogP contribution in [0.5, 0.6) is 0 Å². The minimum atomic E-state index is -0.137. The van der Waals surface area contributed by atoms with Crippen molar-refractivity contribution < 1.29 is 4.79 Å². The molecule has 1 unspecified atom stereocenters. The van der Waals surface area contributed by atoms with Crippen LogP contribution in [0.2, 0.25) is 0 Å². The van der Waals surface area contributed by atoms with Gasteiger partial charge in [0.1, 0.15) is 0 Å². The Bertz CT molecular complexity index is 588. The number of carbonyl (C=O) groups is 1. The Labute approximate surface area is 111 Å². The van der Waals surface area contributed by atoms with Crippen LogP contribution >= 0.6 is 0 Å². The van der Waals surface area contributed by atoms with E-state index in [-0.39, 0.29) is 11.9 Å². The first-order valence-electron chi connectivity index (χ1n) is 5.98. The molecule has 0 aliphatic rings. The molecule has 0 aromatic carbocycles. The highest BCUT2D eigenvalue weighted by Gasteiger charge is 2.12. The molecule has 2 aromatic heterocycles. The molecule has 0 saturated heterocycles. The highest BCUT2D eigenvalue weighted by atomic mass is 16.2. The molecule has 6 heteroatoms. The fourth-order valence-electron chi connectivity index (χ4n) is 1.64. The first-order chi connectivity index (χ1) is 8.99. The van der Waals surface area contributed by atoms with Crippen molar-refractivity contribution in [3.63, 3.8) is 0 Å². The van der Waals surface area contributed by atoms with E-state index >= 15 is 0 Å². The van der Waals surface area contributed by atoms with Crippen LogP contribution in [-0.2, 0) is 0 Å². The van der Waals surface area contributed by atoms with Crippen LogP contribution in [0, 0.1) is 0 Å². The molecule has 0 radical (unpaired) electrons. The van der Waals surface area contributed by atoms with Crippen LogP contribution in [0.4, 0.5) is 0 Å². The van der Waals surface area contributed by atoms with Crippen molar-refractivity contribution in [2.75, 3.05) is 14.1 Å². The molecule has 0 saturated carbocycles. The lowest BCUT2D eigenvalue weighted by molar-refractivity contribution is 0.0821. The third-order valence-electron chi connectivity index (χ3n) is 2.74. The van der Waals surface area contributed by atoms with Gasteiger partial charge < -0.3 is 10.6 Å². The van der Waals surface area contributed by atoms with E-state index in [1.54, 1.807) is 37.2 Å². The van der Waals surface area contributed by atoms with Gasteiger partial charge in [-0.15, -0.1) is 0 Å². The molecule has 2 N–H and O–H groups in total. The van der Waals surface area contributed by atoms with Gasteiger partial charge in [-0.1, -0.05) is 0 Å². The molecule has 2 rings (SSSR count). The van der Waals surface area contributed by atoms with E-state index in [0.717, 1.165) is 5.56 Å². The maximum atomic E-state index is 11.8. The summed E-state index contributed by atoms with van der Waals surface area (Å²) < 4.78 is 1.57. The largest absolute Gasteiger partial charge is 0.343 e. The summed E-state index contributed by atoms with van der Waals surface area (Å²) in [5.74, 6) is 0.509. The average Bonchev–Trinajstić information content (AvgIpc) is 2.87. The SMILES string of the molecule is CC(N)c1ccnc(-n2ccc(C(=O)N(C)C)n2)c1. The summed E-state index contributed by atoms with van der Waals surface area (Å²) in [5, 5.41) is 4.22. The predicted octanol–water partition coefficient (Wildman–Crippen LogP) is 0.989. The molecule has 19 heavy (non-hydrogen) atoms. The monoisotopic (exact) mass is 259 g/mol. The number of rotatable bonds is 3. The van der Waals surface area contributed by atoms with Gasteiger partial charge in [0.25, 0.3) is 5.91 Å². The maximum Gasteiger partial charge on any atom is 0.273 e. The lowest BCUT2D eigenvalue weighted by Crippen LogP contribution is -2.22. The molecule has 1 amide bonds. The number of nitrogens with two attached hydrogens (primary N) is 1. The number of hydrogen-bond acceptors (Lipinski definition) is 4. The highest BCUT2D eigenvalue weighted by molar-refractivity contribution is 5.91. The van der Waals surface area contributed by atoms with E-state index in [1.807, 2.05) is 19.1 Å². The summed E-state index contributed by atoms with van der Waals surface area (Å²) >= 11 is 0. The normalized spacial score (nSPS) is 12.2. The third-order valence-corrected chi connectivity index (χ3v) is 2.74. The van der Waals surface area contributed by atoms with Gasteiger partial charge in [0.2, 0.25) is 0 Å². The Hall–Kier alpha value is -2.21. The molecule has 0 aliphatic carbocycles. The standard InChI is InChI=1S/C13H17N5O/c1-9(14)10-4-6-15-12(8-10)18-7-5-11(16-18)13(19)17(2)3/h4-9H,14H2,1-3H3. The van der Waals surface area contributed by atoms with Gasteiger partial charge in [-0.2, -0.15) is 5.10 Å². The van der Waals surface area contributed by atoms with Crippen molar-refractivity contribution in [3.8, 4) is 5.82 Å². The number of amides is 1. The second-order valence-electron chi connectivity index (χ2n) is 4.58. The minimum Gasteiger partial charge on any atom is -0.343 e. The quantitative estimate of drug-likeness (QED) is 0.891. The van der Waals surface area contributed by atoms with Gasteiger partial charge in [0, 0.05) is 32.5 Å². The molecule has 2 heterocycles. The van der Waals surface area contributed by atoms with E-state index in [2.05, 4.69) is 10.1 Å². The first-order valence-corrected chi connectivity index (χ1v) is 5.98. The fraction of sp³-hybridized carbons (Fsp3) is 0.308. The van der Waals surface area contributed by atoms with Crippen LogP contribution in [0.3, 0.4) is 0 Å². The first kappa shape index (κ1) is 13.2. The molecular formula is C13H17N5O. The Morgan fingerprint density at radius 2 is 2.16 bits per heavy atom. The van der Waals surface area contributed by atoms with Crippen LogP contribution in [-0.4, -0.2) is 39.7 Å². The Balaban J connectivity index is 2.33. The fourth-order valence-corrected chi connectivity index (χ4v) is 1.64. The van der Waals surface area contributed by atoms with Crippen molar-refractivity contribution in [1.82, 2.24) is 19.7 Å². The molecule has 6 nitrogen and oxygen atoms in total. The predicted molar refractivity (Wildman–Crippen MR) is 72.0 cm³/mol. The zero-order valence-corrected chi connectivity index (χ0v) is 11.2. The summed E-state index contributed by atoms with van der Waals surface area (Å²) in [5.41, 5.74) is 7.20. The summed E-state index contributed by atoms with van der Waals surface area (Å²) in [7, 11) is 3.38. The average molecular weight is 259 g/mol. The van der Waals surface area contributed by atoms with E-state index in [1.165, 1.54) is 4.90 Å². The number of pyridine rings is 1. The van der Waals surface area contributed by atoms with Crippen LogP contribution in [0.1, 0.15) is 29.0 Å². The summed E-state index contributed by atoms with van der Waals surface area (Å²) in [4.78, 5) is 17.5. The van der Waals surface area contributed by atoms with Crippen molar-refractivity contribution in [1.29, 1.82) is 0 Å². The second-order valence-corrected chi connectivity index (χ2v) is 4.58. The molecule has 0 spiro atoms. The lowest BCUT2D eigenvalue weighted by Gasteiger charge is -2.08. The van der Waals surface area contributed by atoms with Gasteiger partial charge in [-0.3, -0.25) is 4.79 Å². The maximum absolute atomic E-state index is 11.8. The van der Waals surface area contributed by atoms with E-state index in [9.17, 15) is 4.79 Å².